The van der Waals surface area contributed by atoms with Crippen molar-refractivity contribution in [1.29, 1.82) is 0 Å². The monoisotopic (exact) mass is 558 g/mol. The van der Waals surface area contributed by atoms with Gasteiger partial charge in [0.05, 0.1) is 37.2 Å². The normalized spacial score (nSPS) is 14.6. The van der Waals surface area contributed by atoms with E-state index in [0.29, 0.717) is 62.0 Å². The van der Waals surface area contributed by atoms with Crippen LogP contribution in [-0.4, -0.2) is 43.5 Å². The second kappa shape index (κ2) is 12.7. The summed E-state index contributed by atoms with van der Waals surface area (Å²) in [5.74, 6) is 1.25. The summed E-state index contributed by atoms with van der Waals surface area (Å²) in [5, 5.41) is 12.7. The predicted molar refractivity (Wildman–Crippen MR) is 137 cm³/mol. The van der Waals surface area contributed by atoms with Gasteiger partial charge in [-0.05, 0) is 56.5 Å². The van der Waals surface area contributed by atoms with Gasteiger partial charge in [0.2, 0.25) is 0 Å². The van der Waals surface area contributed by atoms with Gasteiger partial charge in [0.15, 0.2) is 5.96 Å². The van der Waals surface area contributed by atoms with Crippen molar-refractivity contribution in [3.05, 3.63) is 47.8 Å². The molecule has 0 bridgehead atoms. The summed E-state index contributed by atoms with van der Waals surface area (Å²) in [6.07, 6.45) is 1.02. The lowest BCUT2D eigenvalue weighted by Gasteiger charge is -2.31. The van der Waals surface area contributed by atoms with Crippen LogP contribution < -0.4 is 25.4 Å². The third kappa shape index (κ3) is 7.13. The highest BCUT2D eigenvalue weighted by Gasteiger charge is 2.19. The van der Waals surface area contributed by atoms with Crippen molar-refractivity contribution in [2.75, 3.05) is 36.5 Å². The number of guanidine groups is 1. The van der Waals surface area contributed by atoms with Gasteiger partial charge in [-0.2, -0.15) is 0 Å². The highest BCUT2D eigenvalue weighted by molar-refractivity contribution is 14.0. The molecular weight excluding hydrogens is 526 g/mol. The summed E-state index contributed by atoms with van der Waals surface area (Å²) >= 11 is 0. The van der Waals surface area contributed by atoms with Gasteiger partial charge in [-0.25, -0.2) is 9.38 Å². The number of aliphatic imine (C=N–C) groups is 1. The van der Waals surface area contributed by atoms with E-state index in [4.69, 9.17) is 15.2 Å². The molecule has 32 heavy (non-hydrogen) atoms. The molecule has 0 spiro atoms. The van der Waals surface area contributed by atoms with Crippen molar-refractivity contribution in [1.82, 2.24) is 0 Å². The Labute approximate surface area is 205 Å². The number of aliphatic hydroxyl groups is 1. The summed E-state index contributed by atoms with van der Waals surface area (Å²) in [6.45, 7) is 6.42. The number of benzene rings is 2. The molecule has 0 saturated carbocycles. The maximum absolute atomic E-state index is 14.6. The molecule has 1 aliphatic heterocycles. The summed E-state index contributed by atoms with van der Waals surface area (Å²) < 4.78 is 25.8. The minimum absolute atomic E-state index is 0. The number of nitrogens with zero attached hydrogens (tertiary/aromatic N) is 2. The minimum Gasteiger partial charge on any atom is -0.494 e. The molecule has 7 nitrogen and oxygen atoms in total. The van der Waals surface area contributed by atoms with Crippen LogP contribution in [0.4, 0.5) is 15.8 Å². The van der Waals surface area contributed by atoms with E-state index in [2.05, 4.69) is 10.3 Å². The summed E-state index contributed by atoms with van der Waals surface area (Å²) in [4.78, 5) is 6.30. The first-order chi connectivity index (χ1) is 15.0. The summed E-state index contributed by atoms with van der Waals surface area (Å²) in [7, 11) is 0. The van der Waals surface area contributed by atoms with Gasteiger partial charge in [0, 0.05) is 19.2 Å². The summed E-state index contributed by atoms with van der Waals surface area (Å²) in [5.41, 5.74) is 7.99. The Hall–Kier alpha value is -2.27. The zero-order chi connectivity index (χ0) is 22.2. The van der Waals surface area contributed by atoms with Gasteiger partial charge in [-0.15, -0.1) is 24.0 Å². The fourth-order valence-electron chi connectivity index (χ4n) is 3.51. The number of hydrogen-bond donors (Lipinski definition) is 3. The Kier molecular flexibility index (Phi) is 10.3. The third-order valence-electron chi connectivity index (χ3n) is 5.07. The average Bonchev–Trinajstić information content (AvgIpc) is 2.75. The molecule has 0 unspecified atom stereocenters. The number of aliphatic hydroxyl groups excluding tert-OH is 1. The lowest BCUT2D eigenvalue weighted by molar-refractivity contribution is 0.145. The van der Waals surface area contributed by atoms with Crippen LogP contribution in [-0.2, 0) is 6.54 Å². The molecule has 1 aliphatic rings. The number of ether oxygens (including phenoxy) is 2. The van der Waals surface area contributed by atoms with E-state index < -0.39 is 0 Å². The van der Waals surface area contributed by atoms with Gasteiger partial charge in [0.1, 0.15) is 17.3 Å². The molecule has 9 heteroatoms. The number of halogens is 2. The van der Waals surface area contributed by atoms with Crippen molar-refractivity contribution in [2.45, 2.75) is 39.3 Å². The molecule has 176 valence electrons. The second-order valence-electron chi connectivity index (χ2n) is 7.35. The lowest BCUT2D eigenvalue weighted by atomic mass is 10.1. The molecular formula is C23H32FIN4O3. The Balaban J connectivity index is 0.00000363. The van der Waals surface area contributed by atoms with Crippen molar-refractivity contribution >= 4 is 41.3 Å². The Morgan fingerprint density at radius 1 is 1.16 bits per heavy atom. The van der Waals surface area contributed by atoms with E-state index in [9.17, 15) is 9.50 Å². The molecule has 0 aliphatic carbocycles. The van der Waals surface area contributed by atoms with E-state index in [1.807, 2.05) is 36.9 Å². The van der Waals surface area contributed by atoms with Crippen molar-refractivity contribution in [3.8, 4) is 11.5 Å². The van der Waals surface area contributed by atoms with Crippen LogP contribution in [0, 0.1) is 5.82 Å². The first-order valence-electron chi connectivity index (χ1n) is 10.7. The van der Waals surface area contributed by atoms with Crippen LogP contribution >= 0.6 is 24.0 Å². The molecule has 1 saturated heterocycles. The minimum atomic E-state index is -0.293. The topological polar surface area (TPSA) is 92.3 Å². The molecule has 0 atom stereocenters. The molecule has 3 rings (SSSR count). The van der Waals surface area contributed by atoms with E-state index in [1.165, 1.54) is 6.07 Å². The van der Waals surface area contributed by atoms with Crippen LogP contribution in [0.5, 0.6) is 11.5 Å². The summed E-state index contributed by atoms with van der Waals surface area (Å²) in [6, 6.07) is 10.6. The van der Waals surface area contributed by atoms with Gasteiger partial charge in [0.25, 0.3) is 0 Å². The van der Waals surface area contributed by atoms with Crippen molar-refractivity contribution < 1.29 is 19.0 Å². The van der Waals surface area contributed by atoms with Crippen LogP contribution in [0.15, 0.2) is 41.4 Å². The van der Waals surface area contributed by atoms with Gasteiger partial charge >= 0.3 is 0 Å². The predicted octanol–water partition coefficient (Wildman–Crippen LogP) is 4.13. The lowest BCUT2D eigenvalue weighted by Crippen LogP contribution is -2.36. The maximum atomic E-state index is 14.6. The number of nitrogens with two attached hydrogens (primary N) is 1. The molecule has 0 aromatic heterocycles. The number of hydrogen-bond acceptors (Lipinski definition) is 5. The number of piperidine rings is 1. The first kappa shape index (κ1) is 26.0. The van der Waals surface area contributed by atoms with Gasteiger partial charge in [-0.1, -0.05) is 6.07 Å². The number of rotatable bonds is 8. The fourth-order valence-corrected chi connectivity index (χ4v) is 3.51. The molecule has 2 aromatic carbocycles. The zero-order valence-electron chi connectivity index (χ0n) is 18.5. The van der Waals surface area contributed by atoms with Crippen LogP contribution in [0.1, 0.15) is 32.3 Å². The smallest absolute Gasteiger partial charge is 0.193 e. The average molecular weight is 558 g/mol. The molecule has 1 fully saturated rings. The van der Waals surface area contributed by atoms with Gasteiger partial charge in [-0.3, -0.25) is 0 Å². The van der Waals surface area contributed by atoms with Gasteiger partial charge < -0.3 is 30.5 Å². The second-order valence-corrected chi connectivity index (χ2v) is 7.35. The Morgan fingerprint density at radius 2 is 1.88 bits per heavy atom. The van der Waals surface area contributed by atoms with Crippen LogP contribution in [0.3, 0.4) is 0 Å². The van der Waals surface area contributed by atoms with Crippen molar-refractivity contribution in [3.63, 3.8) is 0 Å². The largest absolute Gasteiger partial charge is 0.494 e. The quantitative estimate of drug-likeness (QED) is 0.257. The molecule has 0 amide bonds. The van der Waals surface area contributed by atoms with Crippen LogP contribution in [0.25, 0.3) is 0 Å². The molecule has 2 aromatic rings. The highest BCUT2D eigenvalue weighted by Crippen LogP contribution is 2.29. The standard InChI is InChI=1S/C23H31FN4O3.HI/c1-3-30-18-6-8-22(31-4-2)20(14-18)27-23(25)26-15-16-5-7-21(19(24)13-16)28-11-9-17(29)10-12-28;/h5-8,13-14,17,29H,3-4,9-12,15H2,1-2H3,(H3,25,26,27);1H. The van der Waals surface area contributed by atoms with Crippen LogP contribution in [0.2, 0.25) is 0 Å². The number of nitrogens with one attached hydrogen (secondary N) is 1. The molecule has 0 radical (unpaired) electrons. The SMILES string of the molecule is CCOc1ccc(OCC)c(NC(N)=NCc2ccc(N3CCC(O)CC3)c(F)c2)c1.I. The fraction of sp³-hybridized carbons (Fsp3) is 0.435. The molecule has 4 N–H and O–H groups in total. The van der Waals surface area contributed by atoms with E-state index in [0.717, 1.165) is 5.56 Å². The highest BCUT2D eigenvalue weighted by atomic mass is 127. The molecule has 1 heterocycles. The Morgan fingerprint density at radius 3 is 2.53 bits per heavy atom. The van der Waals surface area contributed by atoms with Crippen molar-refractivity contribution in [2.24, 2.45) is 10.7 Å². The Bertz CT molecular complexity index is 905. The third-order valence-corrected chi connectivity index (χ3v) is 5.07. The first-order valence-corrected chi connectivity index (χ1v) is 10.7. The number of anilines is 2. The van der Waals surface area contributed by atoms with E-state index >= 15 is 0 Å². The zero-order valence-corrected chi connectivity index (χ0v) is 20.8. The van der Waals surface area contributed by atoms with E-state index in [-0.39, 0.29) is 48.4 Å². The van der Waals surface area contributed by atoms with E-state index in [1.54, 1.807) is 12.1 Å². The maximum Gasteiger partial charge on any atom is 0.193 e.